The Bertz CT molecular complexity index is 979. The number of para-hydroxylation sites is 2. The first-order valence-electron chi connectivity index (χ1n) is 9.18. The van der Waals surface area contributed by atoms with Gasteiger partial charge in [0, 0.05) is 31.9 Å². The van der Waals surface area contributed by atoms with Crippen LogP contribution in [0.15, 0.2) is 48.5 Å². The van der Waals surface area contributed by atoms with Crippen LogP contribution in [0.25, 0.3) is 11.0 Å². The molecule has 6 nitrogen and oxygen atoms in total. The number of nitrogens with one attached hydrogen (secondary N) is 1. The van der Waals surface area contributed by atoms with Gasteiger partial charge in [-0.25, -0.2) is 9.97 Å². The molecule has 1 fully saturated rings. The van der Waals surface area contributed by atoms with Crippen LogP contribution >= 0.6 is 0 Å². The SMILES string of the molecule is Cc1cccc(NC(=O)c2nc3ccccc3nc2N2CCN(C)CC2)c1. The van der Waals surface area contributed by atoms with E-state index in [1.807, 2.05) is 55.5 Å². The van der Waals surface area contributed by atoms with Gasteiger partial charge in [-0.2, -0.15) is 0 Å². The summed E-state index contributed by atoms with van der Waals surface area (Å²) in [5, 5.41) is 2.97. The highest BCUT2D eigenvalue weighted by molar-refractivity contribution is 6.07. The van der Waals surface area contributed by atoms with E-state index in [2.05, 4.69) is 27.1 Å². The minimum Gasteiger partial charge on any atom is -0.352 e. The highest BCUT2D eigenvalue weighted by Gasteiger charge is 2.24. The third-order valence-electron chi connectivity index (χ3n) is 4.85. The predicted octanol–water partition coefficient (Wildman–Crippen LogP) is 2.94. The van der Waals surface area contributed by atoms with E-state index in [0.717, 1.165) is 48.5 Å². The number of aromatic nitrogens is 2. The molecule has 1 aliphatic heterocycles. The highest BCUT2D eigenvalue weighted by atomic mass is 16.1. The summed E-state index contributed by atoms with van der Waals surface area (Å²) in [6.45, 7) is 5.53. The minimum absolute atomic E-state index is 0.229. The van der Waals surface area contributed by atoms with Crippen molar-refractivity contribution >= 4 is 28.4 Å². The largest absolute Gasteiger partial charge is 0.352 e. The second-order valence-electron chi connectivity index (χ2n) is 7.00. The molecule has 4 rings (SSSR count). The van der Waals surface area contributed by atoms with Gasteiger partial charge in [0.2, 0.25) is 0 Å². The standard InChI is InChI=1S/C21H23N5O/c1-15-6-5-7-16(14-15)22-21(27)19-20(26-12-10-25(2)11-13-26)24-18-9-4-3-8-17(18)23-19/h3-9,14H,10-13H2,1-2H3,(H,22,27). The van der Waals surface area contributed by atoms with Gasteiger partial charge in [0.05, 0.1) is 11.0 Å². The third kappa shape index (κ3) is 3.75. The zero-order valence-electron chi connectivity index (χ0n) is 15.6. The summed E-state index contributed by atoms with van der Waals surface area (Å²) in [6, 6.07) is 15.4. The lowest BCUT2D eigenvalue weighted by atomic mass is 10.2. The zero-order chi connectivity index (χ0) is 18.8. The molecular weight excluding hydrogens is 338 g/mol. The second kappa shape index (κ2) is 7.32. The fourth-order valence-electron chi connectivity index (χ4n) is 3.29. The smallest absolute Gasteiger partial charge is 0.278 e. The predicted molar refractivity (Wildman–Crippen MR) is 108 cm³/mol. The summed E-state index contributed by atoms with van der Waals surface area (Å²) < 4.78 is 0. The number of carbonyl (C=O) groups is 1. The molecule has 6 heteroatoms. The zero-order valence-corrected chi connectivity index (χ0v) is 15.6. The van der Waals surface area contributed by atoms with Crippen molar-refractivity contribution in [1.82, 2.24) is 14.9 Å². The van der Waals surface area contributed by atoms with Crippen molar-refractivity contribution in [3.8, 4) is 0 Å². The first-order chi connectivity index (χ1) is 13.1. The number of piperazine rings is 1. The van der Waals surface area contributed by atoms with Gasteiger partial charge >= 0.3 is 0 Å². The number of rotatable bonds is 3. The molecule has 0 spiro atoms. The maximum atomic E-state index is 13.0. The number of amides is 1. The van der Waals surface area contributed by atoms with Crippen LogP contribution in [0.3, 0.4) is 0 Å². The van der Waals surface area contributed by atoms with E-state index in [-0.39, 0.29) is 5.91 Å². The fourth-order valence-corrected chi connectivity index (χ4v) is 3.29. The van der Waals surface area contributed by atoms with Crippen molar-refractivity contribution in [3.63, 3.8) is 0 Å². The Hall–Kier alpha value is -2.99. The molecule has 0 atom stereocenters. The lowest BCUT2D eigenvalue weighted by molar-refractivity contribution is 0.102. The van der Waals surface area contributed by atoms with Crippen LogP contribution in [0.2, 0.25) is 0 Å². The Labute approximate surface area is 158 Å². The molecule has 1 amide bonds. The average molecular weight is 361 g/mol. The Morgan fingerprint density at radius 1 is 0.963 bits per heavy atom. The molecule has 3 aromatic rings. The van der Waals surface area contributed by atoms with Crippen LogP contribution in [-0.2, 0) is 0 Å². The van der Waals surface area contributed by atoms with Crippen LogP contribution in [-0.4, -0.2) is 54.0 Å². The molecular formula is C21H23N5O. The van der Waals surface area contributed by atoms with Crippen molar-refractivity contribution < 1.29 is 4.79 Å². The normalized spacial score (nSPS) is 15.1. The fraction of sp³-hybridized carbons (Fsp3) is 0.286. The van der Waals surface area contributed by atoms with Crippen LogP contribution in [0.4, 0.5) is 11.5 Å². The first kappa shape index (κ1) is 17.4. The van der Waals surface area contributed by atoms with Gasteiger partial charge in [0.25, 0.3) is 5.91 Å². The topological polar surface area (TPSA) is 61.4 Å². The number of nitrogens with zero attached hydrogens (tertiary/aromatic N) is 4. The van der Waals surface area contributed by atoms with Crippen molar-refractivity contribution in [3.05, 3.63) is 59.8 Å². The minimum atomic E-state index is -0.229. The number of anilines is 2. The Morgan fingerprint density at radius 2 is 1.67 bits per heavy atom. The lowest BCUT2D eigenvalue weighted by Gasteiger charge is -2.33. The molecule has 1 aromatic heterocycles. The van der Waals surface area contributed by atoms with E-state index in [0.29, 0.717) is 11.5 Å². The highest BCUT2D eigenvalue weighted by Crippen LogP contribution is 2.23. The third-order valence-corrected chi connectivity index (χ3v) is 4.85. The molecule has 27 heavy (non-hydrogen) atoms. The Kier molecular flexibility index (Phi) is 4.73. The van der Waals surface area contributed by atoms with Gasteiger partial charge in [0.1, 0.15) is 0 Å². The van der Waals surface area contributed by atoms with Gasteiger partial charge in [-0.15, -0.1) is 0 Å². The second-order valence-corrected chi connectivity index (χ2v) is 7.00. The lowest BCUT2D eigenvalue weighted by Crippen LogP contribution is -2.45. The quantitative estimate of drug-likeness (QED) is 0.777. The molecule has 0 aliphatic carbocycles. The molecule has 1 aliphatic rings. The van der Waals surface area contributed by atoms with E-state index in [1.54, 1.807) is 0 Å². The van der Waals surface area contributed by atoms with Crippen LogP contribution < -0.4 is 10.2 Å². The molecule has 0 unspecified atom stereocenters. The molecule has 0 saturated carbocycles. The monoisotopic (exact) mass is 361 g/mol. The number of carbonyl (C=O) groups excluding carboxylic acids is 1. The number of hydrogen-bond donors (Lipinski definition) is 1. The first-order valence-corrected chi connectivity index (χ1v) is 9.18. The molecule has 2 heterocycles. The maximum Gasteiger partial charge on any atom is 0.278 e. The Morgan fingerprint density at radius 3 is 2.37 bits per heavy atom. The Balaban J connectivity index is 1.72. The summed E-state index contributed by atoms with van der Waals surface area (Å²) in [6.07, 6.45) is 0. The van der Waals surface area contributed by atoms with Gasteiger partial charge in [-0.05, 0) is 43.8 Å². The number of likely N-dealkylation sites (N-methyl/N-ethyl adjacent to an activating group) is 1. The summed E-state index contributed by atoms with van der Waals surface area (Å²) in [5.74, 6) is 0.430. The molecule has 0 radical (unpaired) electrons. The van der Waals surface area contributed by atoms with Crippen molar-refractivity contribution in [1.29, 1.82) is 0 Å². The summed E-state index contributed by atoms with van der Waals surface area (Å²) in [4.78, 5) is 26.9. The van der Waals surface area contributed by atoms with Crippen LogP contribution in [0.5, 0.6) is 0 Å². The number of aryl methyl sites for hydroxylation is 1. The van der Waals surface area contributed by atoms with Gasteiger partial charge in [-0.1, -0.05) is 24.3 Å². The van der Waals surface area contributed by atoms with Crippen molar-refractivity contribution in [2.45, 2.75) is 6.92 Å². The van der Waals surface area contributed by atoms with Crippen LogP contribution in [0.1, 0.15) is 16.1 Å². The number of benzene rings is 2. The summed E-state index contributed by atoms with van der Waals surface area (Å²) in [5.41, 5.74) is 3.76. The van der Waals surface area contributed by atoms with E-state index < -0.39 is 0 Å². The van der Waals surface area contributed by atoms with Gasteiger partial charge < -0.3 is 15.1 Å². The molecule has 0 bridgehead atoms. The summed E-state index contributed by atoms with van der Waals surface area (Å²) in [7, 11) is 2.11. The van der Waals surface area contributed by atoms with Gasteiger partial charge in [-0.3, -0.25) is 4.79 Å². The van der Waals surface area contributed by atoms with E-state index >= 15 is 0 Å². The maximum absolute atomic E-state index is 13.0. The molecule has 1 N–H and O–H groups in total. The number of hydrogen-bond acceptors (Lipinski definition) is 5. The molecule has 138 valence electrons. The number of fused-ring (bicyclic) bond motifs is 1. The van der Waals surface area contributed by atoms with Crippen molar-refractivity contribution in [2.75, 3.05) is 43.4 Å². The summed E-state index contributed by atoms with van der Waals surface area (Å²) >= 11 is 0. The van der Waals surface area contributed by atoms with E-state index in [1.165, 1.54) is 0 Å². The van der Waals surface area contributed by atoms with Gasteiger partial charge in [0.15, 0.2) is 11.5 Å². The van der Waals surface area contributed by atoms with E-state index in [4.69, 9.17) is 4.98 Å². The average Bonchev–Trinajstić information content (AvgIpc) is 2.67. The molecule has 1 saturated heterocycles. The molecule has 2 aromatic carbocycles. The van der Waals surface area contributed by atoms with Crippen molar-refractivity contribution in [2.24, 2.45) is 0 Å². The van der Waals surface area contributed by atoms with E-state index in [9.17, 15) is 4.79 Å². The van der Waals surface area contributed by atoms with Crippen LogP contribution in [0, 0.1) is 6.92 Å².